The number of nitrogens with zero attached hydrogens (tertiary/aromatic N) is 1. The number of hydrogen-bond donors (Lipinski definition) is 1. The number of hydrogen-bond acceptors (Lipinski definition) is 2. The zero-order valence-electron chi connectivity index (χ0n) is 6.35. The summed E-state index contributed by atoms with van der Waals surface area (Å²) in [6.07, 6.45) is -4.45. The Kier molecular flexibility index (Phi) is 2.92. The van der Waals surface area contributed by atoms with Gasteiger partial charge in [-0.25, -0.2) is 4.98 Å². The van der Waals surface area contributed by atoms with E-state index in [1.165, 1.54) is 18.2 Å². The molecule has 0 unspecified atom stereocenters. The highest BCUT2D eigenvalue weighted by Crippen LogP contribution is 2.29. The molecule has 2 N–H and O–H groups in total. The topological polar surface area (TPSA) is 38.9 Å². The van der Waals surface area contributed by atoms with E-state index in [4.69, 9.17) is 5.73 Å². The van der Waals surface area contributed by atoms with Gasteiger partial charge in [0.1, 0.15) is 10.6 Å². The maximum atomic E-state index is 12.1. The van der Waals surface area contributed by atoms with Gasteiger partial charge in [0.15, 0.2) is 0 Å². The summed E-state index contributed by atoms with van der Waals surface area (Å²) in [5.41, 5.74) is 4.74. The van der Waals surface area contributed by atoms with Crippen LogP contribution in [0.1, 0.15) is 11.7 Å². The summed E-state index contributed by atoms with van der Waals surface area (Å²) < 4.78 is 36.6. The lowest BCUT2D eigenvalue weighted by Gasteiger charge is -2.14. The summed E-state index contributed by atoms with van der Waals surface area (Å²) >= 11 is 2.96. The molecule has 0 aromatic carbocycles. The molecule has 1 aromatic heterocycles. The fraction of sp³-hybridized carbons (Fsp3) is 0.286. The average molecular weight is 255 g/mol. The molecular weight excluding hydrogens is 249 g/mol. The summed E-state index contributed by atoms with van der Waals surface area (Å²) in [7, 11) is 0. The molecule has 1 rings (SSSR count). The molecule has 0 radical (unpaired) electrons. The van der Waals surface area contributed by atoms with Crippen molar-refractivity contribution < 1.29 is 13.2 Å². The van der Waals surface area contributed by atoms with Crippen LogP contribution in [0.25, 0.3) is 0 Å². The first-order valence-corrected chi connectivity index (χ1v) is 4.15. The molecule has 13 heavy (non-hydrogen) atoms. The van der Waals surface area contributed by atoms with Gasteiger partial charge in [0.05, 0.1) is 5.69 Å². The Bertz CT molecular complexity index is 300. The van der Waals surface area contributed by atoms with Crippen LogP contribution in [0.3, 0.4) is 0 Å². The van der Waals surface area contributed by atoms with Gasteiger partial charge in [-0.05, 0) is 28.1 Å². The number of rotatable bonds is 1. The van der Waals surface area contributed by atoms with Gasteiger partial charge in [0, 0.05) is 0 Å². The van der Waals surface area contributed by atoms with Crippen molar-refractivity contribution in [3.8, 4) is 0 Å². The number of nitrogens with two attached hydrogens (primary N) is 1. The molecule has 0 aliphatic rings. The molecule has 0 saturated carbocycles. The van der Waals surface area contributed by atoms with E-state index in [0.29, 0.717) is 4.60 Å². The summed E-state index contributed by atoms with van der Waals surface area (Å²) in [5.74, 6) is 0. The molecule has 0 aliphatic heterocycles. The van der Waals surface area contributed by atoms with Crippen LogP contribution in [0.4, 0.5) is 13.2 Å². The van der Waals surface area contributed by atoms with E-state index in [1.54, 1.807) is 0 Å². The van der Waals surface area contributed by atoms with Crippen molar-refractivity contribution in [2.75, 3.05) is 0 Å². The molecule has 72 valence electrons. The summed E-state index contributed by atoms with van der Waals surface area (Å²) in [6.45, 7) is 0. The van der Waals surface area contributed by atoms with Crippen LogP contribution in [0.15, 0.2) is 22.8 Å². The van der Waals surface area contributed by atoms with Gasteiger partial charge in [-0.2, -0.15) is 13.2 Å². The van der Waals surface area contributed by atoms with E-state index >= 15 is 0 Å². The van der Waals surface area contributed by atoms with Gasteiger partial charge in [0.25, 0.3) is 0 Å². The fourth-order valence-corrected chi connectivity index (χ4v) is 1.12. The quantitative estimate of drug-likeness (QED) is 0.782. The zero-order valence-corrected chi connectivity index (χ0v) is 7.93. The first-order valence-electron chi connectivity index (χ1n) is 3.36. The Balaban J connectivity index is 2.96. The summed E-state index contributed by atoms with van der Waals surface area (Å²) in [4.78, 5) is 3.61. The van der Waals surface area contributed by atoms with Crippen LogP contribution in [0.2, 0.25) is 0 Å². The monoisotopic (exact) mass is 254 g/mol. The normalized spacial score (nSPS) is 14.2. The first-order chi connectivity index (χ1) is 5.91. The Labute approximate surface area is 81.1 Å². The van der Waals surface area contributed by atoms with E-state index in [-0.39, 0.29) is 5.69 Å². The van der Waals surface area contributed by atoms with Crippen LogP contribution >= 0.6 is 15.9 Å². The van der Waals surface area contributed by atoms with E-state index < -0.39 is 12.2 Å². The SMILES string of the molecule is N[C@H](c1cccc(Br)n1)C(F)(F)F. The fourth-order valence-electron chi connectivity index (χ4n) is 0.765. The predicted octanol–water partition coefficient (Wildman–Crippen LogP) is 2.41. The van der Waals surface area contributed by atoms with Crippen molar-refractivity contribution in [1.82, 2.24) is 4.98 Å². The third-order valence-electron chi connectivity index (χ3n) is 1.41. The number of alkyl halides is 3. The van der Waals surface area contributed by atoms with Crippen LogP contribution in [0.5, 0.6) is 0 Å². The van der Waals surface area contributed by atoms with E-state index in [9.17, 15) is 13.2 Å². The van der Waals surface area contributed by atoms with Gasteiger partial charge in [-0.1, -0.05) is 6.07 Å². The molecule has 0 spiro atoms. The van der Waals surface area contributed by atoms with Crippen LogP contribution in [-0.4, -0.2) is 11.2 Å². The molecule has 1 atom stereocenters. The maximum absolute atomic E-state index is 12.1. The minimum Gasteiger partial charge on any atom is -0.315 e. The summed E-state index contributed by atoms with van der Waals surface area (Å²) in [5, 5.41) is 0. The second kappa shape index (κ2) is 3.63. The van der Waals surface area contributed by atoms with Crippen LogP contribution < -0.4 is 5.73 Å². The lowest BCUT2D eigenvalue weighted by Crippen LogP contribution is -2.29. The smallest absolute Gasteiger partial charge is 0.315 e. The first kappa shape index (κ1) is 10.5. The Morgan fingerprint density at radius 1 is 1.38 bits per heavy atom. The standard InChI is InChI=1S/C7H6BrF3N2/c8-5-3-1-2-4(13-5)6(12)7(9,10)11/h1-3,6H,12H2/t6-/m1/s1. The van der Waals surface area contributed by atoms with Gasteiger partial charge in [-0.15, -0.1) is 0 Å². The molecule has 1 aromatic rings. The van der Waals surface area contributed by atoms with Gasteiger partial charge < -0.3 is 5.73 Å². The predicted molar refractivity (Wildman–Crippen MR) is 44.9 cm³/mol. The molecule has 6 heteroatoms. The Morgan fingerprint density at radius 2 is 2.00 bits per heavy atom. The van der Waals surface area contributed by atoms with E-state index in [1.807, 2.05) is 0 Å². The average Bonchev–Trinajstić information content (AvgIpc) is 2.01. The highest BCUT2D eigenvalue weighted by Gasteiger charge is 2.38. The molecule has 2 nitrogen and oxygen atoms in total. The second-order valence-electron chi connectivity index (χ2n) is 2.40. The van der Waals surface area contributed by atoms with Crippen molar-refractivity contribution in [1.29, 1.82) is 0 Å². The maximum Gasteiger partial charge on any atom is 0.409 e. The molecule has 1 heterocycles. The Hall–Kier alpha value is -0.620. The van der Waals surface area contributed by atoms with Crippen molar-refractivity contribution >= 4 is 15.9 Å². The molecular formula is C7H6BrF3N2. The number of pyridine rings is 1. The molecule has 0 aliphatic carbocycles. The van der Waals surface area contributed by atoms with E-state index in [0.717, 1.165) is 0 Å². The van der Waals surface area contributed by atoms with Crippen molar-refractivity contribution in [3.63, 3.8) is 0 Å². The lowest BCUT2D eigenvalue weighted by molar-refractivity contribution is -0.150. The Morgan fingerprint density at radius 3 is 2.46 bits per heavy atom. The van der Waals surface area contributed by atoms with Gasteiger partial charge >= 0.3 is 6.18 Å². The van der Waals surface area contributed by atoms with Crippen LogP contribution in [0, 0.1) is 0 Å². The third-order valence-corrected chi connectivity index (χ3v) is 1.85. The zero-order chi connectivity index (χ0) is 10.1. The van der Waals surface area contributed by atoms with Gasteiger partial charge in [-0.3, -0.25) is 0 Å². The second-order valence-corrected chi connectivity index (χ2v) is 3.22. The van der Waals surface area contributed by atoms with Crippen molar-refractivity contribution in [2.24, 2.45) is 5.73 Å². The minimum absolute atomic E-state index is 0.193. The number of halogens is 4. The lowest BCUT2D eigenvalue weighted by atomic mass is 10.2. The molecule has 0 saturated heterocycles. The summed E-state index contributed by atoms with van der Waals surface area (Å²) in [6, 6.07) is 2.21. The largest absolute Gasteiger partial charge is 0.409 e. The molecule has 0 fully saturated rings. The van der Waals surface area contributed by atoms with Crippen LogP contribution in [-0.2, 0) is 0 Å². The number of aromatic nitrogens is 1. The van der Waals surface area contributed by atoms with Crippen molar-refractivity contribution in [3.05, 3.63) is 28.5 Å². The minimum atomic E-state index is -4.45. The third kappa shape index (κ3) is 2.67. The van der Waals surface area contributed by atoms with Crippen molar-refractivity contribution in [2.45, 2.75) is 12.2 Å². The molecule has 0 amide bonds. The highest BCUT2D eigenvalue weighted by molar-refractivity contribution is 9.10. The molecule has 0 bridgehead atoms. The van der Waals surface area contributed by atoms with E-state index in [2.05, 4.69) is 20.9 Å². The van der Waals surface area contributed by atoms with Gasteiger partial charge in [0.2, 0.25) is 0 Å². The highest BCUT2D eigenvalue weighted by atomic mass is 79.9.